The van der Waals surface area contributed by atoms with Crippen LogP contribution in [0.5, 0.6) is 5.75 Å². The molecule has 4 nitrogen and oxygen atoms in total. The summed E-state index contributed by atoms with van der Waals surface area (Å²) in [4.78, 5) is 13.8. The summed E-state index contributed by atoms with van der Waals surface area (Å²) in [5.74, 6) is 0.640. The van der Waals surface area contributed by atoms with Gasteiger partial charge in [0, 0.05) is 29.2 Å². The SMILES string of the molecule is COc1ccc(Br)cc1/C=C\C(=O)N1CCC[C@@H](O)C1. The Morgan fingerprint density at radius 1 is 1.55 bits per heavy atom. The predicted octanol–water partition coefficient (Wildman–Crippen LogP) is 2.45. The van der Waals surface area contributed by atoms with E-state index in [0.29, 0.717) is 13.1 Å². The third kappa shape index (κ3) is 3.84. The molecule has 1 aromatic carbocycles. The lowest BCUT2D eigenvalue weighted by Crippen LogP contribution is -2.41. The van der Waals surface area contributed by atoms with Gasteiger partial charge in [-0.05, 0) is 37.1 Å². The highest BCUT2D eigenvalue weighted by atomic mass is 79.9. The van der Waals surface area contributed by atoms with Gasteiger partial charge in [0.15, 0.2) is 0 Å². The molecule has 1 atom stereocenters. The van der Waals surface area contributed by atoms with Gasteiger partial charge in [0.05, 0.1) is 13.2 Å². The Bertz CT molecular complexity index is 516. The molecule has 108 valence electrons. The van der Waals surface area contributed by atoms with Gasteiger partial charge in [0.25, 0.3) is 0 Å². The maximum atomic E-state index is 12.1. The number of likely N-dealkylation sites (tertiary alicyclic amines) is 1. The van der Waals surface area contributed by atoms with Crippen LogP contribution < -0.4 is 4.74 Å². The van der Waals surface area contributed by atoms with Gasteiger partial charge >= 0.3 is 0 Å². The molecule has 1 fully saturated rings. The average Bonchev–Trinajstić information content (AvgIpc) is 2.45. The molecule has 5 heteroatoms. The minimum Gasteiger partial charge on any atom is -0.496 e. The number of carbonyl (C=O) groups excluding carboxylic acids is 1. The molecule has 1 amide bonds. The smallest absolute Gasteiger partial charge is 0.246 e. The van der Waals surface area contributed by atoms with Crippen molar-refractivity contribution in [1.82, 2.24) is 4.90 Å². The number of rotatable bonds is 3. The summed E-state index contributed by atoms with van der Waals surface area (Å²) in [7, 11) is 1.60. The second kappa shape index (κ2) is 6.90. The van der Waals surface area contributed by atoms with Crippen LogP contribution in [0, 0.1) is 0 Å². The highest BCUT2D eigenvalue weighted by Gasteiger charge is 2.20. The molecule has 0 bridgehead atoms. The minimum atomic E-state index is -0.401. The van der Waals surface area contributed by atoms with Crippen molar-refractivity contribution in [2.45, 2.75) is 18.9 Å². The molecule has 1 aromatic rings. The van der Waals surface area contributed by atoms with Gasteiger partial charge in [-0.15, -0.1) is 0 Å². The zero-order valence-electron chi connectivity index (χ0n) is 11.4. The third-order valence-corrected chi connectivity index (χ3v) is 3.80. The average molecular weight is 340 g/mol. The van der Waals surface area contributed by atoms with Crippen molar-refractivity contribution in [2.75, 3.05) is 20.2 Å². The van der Waals surface area contributed by atoms with E-state index < -0.39 is 6.10 Å². The van der Waals surface area contributed by atoms with Crippen molar-refractivity contribution in [3.63, 3.8) is 0 Å². The monoisotopic (exact) mass is 339 g/mol. The Kier molecular flexibility index (Phi) is 5.20. The molecular formula is C15H18BrNO3. The zero-order chi connectivity index (χ0) is 14.5. The predicted molar refractivity (Wildman–Crippen MR) is 81.5 cm³/mol. The van der Waals surface area contributed by atoms with Crippen LogP contribution in [0.2, 0.25) is 0 Å². The Labute approximate surface area is 127 Å². The van der Waals surface area contributed by atoms with Gasteiger partial charge in [-0.25, -0.2) is 0 Å². The number of ether oxygens (including phenoxy) is 1. The molecule has 1 aliphatic heterocycles. The number of methoxy groups -OCH3 is 1. The summed E-state index contributed by atoms with van der Waals surface area (Å²) in [6, 6.07) is 5.63. The molecule has 1 heterocycles. The standard InChI is InChI=1S/C15H18BrNO3/c1-20-14-6-5-12(16)9-11(14)4-7-15(19)17-8-2-3-13(18)10-17/h4-7,9,13,18H,2-3,8,10H2,1H3/b7-4-/t13-/m1/s1. The first-order valence-electron chi connectivity index (χ1n) is 6.58. The number of β-amino-alcohol motifs (C(OH)–C–C–N with tert-alkyl or cyclic N) is 1. The summed E-state index contributed by atoms with van der Waals surface area (Å²) in [6.45, 7) is 1.12. The first-order chi connectivity index (χ1) is 9.60. The van der Waals surface area contributed by atoms with Crippen molar-refractivity contribution in [2.24, 2.45) is 0 Å². The fraction of sp³-hybridized carbons (Fsp3) is 0.400. The van der Waals surface area contributed by atoms with Crippen LogP contribution >= 0.6 is 15.9 Å². The van der Waals surface area contributed by atoms with E-state index in [4.69, 9.17) is 4.74 Å². The highest BCUT2D eigenvalue weighted by Crippen LogP contribution is 2.24. The number of benzene rings is 1. The van der Waals surface area contributed by atoms with Gasteiger partial charge in [-0.1, -0.05) is 15.9 Å². The molecule has 1 N–H and O–H groups in total. The van der Waals surface area contributed by atoms with Gasteiger partial charge in [-0.3, -0.25) is 4.79 Å². The molecule has 20 heavy (non-hydrogen) atoms. The number of carbonyl (C=O) groups is 1. The third-order valence-electron chi connectivity index (χ3n) is 3.31. The van der Waals surface area contributed by atoms with Gasteiger partial charge in [0.2, 0.25) is 5.91 Å². The van der Waals surface area contributed by atoms with E-state index in [1.807, 2.05) is 18.2 Å². The highest BCUT2D eigenvalue weighted by molar-refractivity contribution is 9.10. The molecular weight excluding hydrogens is 322 g/mol. The molecule has 0 unspecified atom stereocenters. The van der Waals surface area contributed by atoms with E-state index in [1.54, 1.807) is 18.1 Å². The maximum absolute atomic E-state index is 12.1. The summed E-state index contributed by atoms with van der Waals surface area (Å²) in [6.07, 6.45) is 4.49. The number of aliphatic hydroxyl groups excluding tert-OH is 1. The first-order valence-corrected chi connectivity index (χ1v) is 7.38. The van der Waals surface area contributed by atoms with E-state index >= 15 is 0 Å². The fourth-order valence-corrected chi connectivity index (χ4v) is 2.64. The normalized spacial score (nSPS) is 19.4. The maximum Gasteiger partial charge on any atom is 0.246 e. The molecule has 2 rings (SSSR count). The largest absolute Gasteiger partial charge is 0.496 e. The van der Waals surface area contributed by atoms with Crippen LogP contribution in [-0.2, 0) is 4.79 Å². The molecule has 0 radical (unpaired) electrons. The summed E-state index contributed by atoms with van der Waals surface area (Å²) >= 11 is 3.40. The Hall–Kier alpha value is -1.33. The zero-order valence-corrected chi connectivity index (χ0v) is 13.0. The second-order valence-electron chi connectivity index (χ2n) is 4.80. The van der Waals surface area contributed by atoms with E-state index in [-0.39, 0.29) is 5.91 Å². The number of aliphatic hydroxyl groups is 1. The summed E-state index contributed by atoms with van der Waals surface area (Å²) in [5, 5.41) is 9.59. The molecule has 0 aliphatic carbocycles. The van der Waals surface area contributed by atoms with Gasteiger partial charge in [-0.2, -0.15) is 0 Å². The van der Waals surface area contributed by atoms with Crippen molar-refractivity contribution in [1.29, 1.82) is 0 Å². The van der Waals surface area contributed by atoms with Crippen molar-refractivity contribution in [3.8, 4) is 5.75 Å². The van der Waals surface area contributed by atoms with Crippen LogP contribution in [-0.4, -0.2) is 42.2 Å². The Balaban J connectivity index is 2.08. The van der Waals surface area contributed by atoms with Crippen LogP contribution in [0.4, 0.5) is 0 Å². The van der Waals surface area contributed by atoms with Crippen molar-refractivity contribution >= 4 is 27.9 Å². The van der Waals surface area contributed by atoms with E-state index in [1.165, 1.54) is 6.08 Å². The lowest BCUT2D eigenvalue weighted by atomic mass is 10.1. The quantitative estimate of drug-likeness (QED) is 0.860. The number of piperidine rings is 1. The topological polar surface area (TPSA) is 49.8 Å². The number of amides is 1. The van der Waals surface area contributed by atoms with Crippen LogP contribution in [0.3, 0.4) is 0 Å². The van der Waals surface area contributed by atoms with Crippen molar-refractivity contribution < 1.29 is 14.6 Å². The van der Waals surface area contributed by atoms with E-state index in [2.05, 4.69) is 15.9 Å². The van der Waals surface area contributed by atoms with Crippen LogP contribution in [0.25, 0.3) is 6.08 Å². The van der Waals surface area contributed by atoms with E-state index in [9.17, 15) is 9.90 Å². The number of hydrogen-bond donors (Lipinski definition) is 1. The minimum absolute atomic E-state index is 0.0780. The number of nitrogens with zero attached hydrogens (tertiary/aromatic N) is 1. The second-order valence-corrected chi connectivity index (χ2v) is 5.72. The number of hydrogen-bond acceptors (Lipinski definition) is 3. The number of halogens is 1. The Morgan fingerprint density at radius 3 is 3.05 bits per heavy atom. The van der Waals surface area contributed by atoms with Crippen LogP contribution in [0.1, 0.15) is 18.4 Å². The Morgan fingerprint density at radius 2 is 2.35 bits per heavy atom. The molecule has 1 saturated heterocycles. The molecule has 1 aliphatic rings. The molecule has 0 aromatic heterocycles. The lowest BCUT2D eigenvalue weighted by molar-refractivity contribution is -0.128. The first kappa shape index (κ1) is 15.1. The fourth-order valence-electron chi connectivity index (χ4n) is 2.26. The summed E-state index contributed by atoms with van der Waals surface area (Å²) < 4.78 is 6.19. The van der Waals surface area contributed by atoms with Crippen molar-refractivity contribution in [3.05, 3.63) is 34.3 Å². The molecule has 0 spiro atoms. The van der Waals surface area contributed by atoms with Gasteiger partial charge in [0.1, 0.15) is 5.75 Å². The van der Waals surface area contributed by atoms with Crippen LogP contribution in [0.15, 0.2) is 28.7 Å². The summed E-state index contributed by atoms with van der Waals surface area (Å²) in [5.41, 5.74) is 0.841. The van der Waals surface area contributed by atoms with E-state index in [0.717, 1.165) is 28.6 Å². The molecule has 0 saturated carbocycles. The van der Waals surface area contributed by atoms with Gasteiger partial charge < -0.3 is 14.7 Å². The lowest BCUT2D eigenvalue weighted by Gasteiger charge is -2.29.